The molecule has 1 aliphatic rings. The molecule has 2 aromatic carbocycles. The van der Waals surface area contributed by atoms with Gasteiger partial charge in [0.1, 0.15) is 0 Å². The van der Waals surface area contributed by atoms with E-state index < -0.39 is 0 Å². The van der Waals surface area contributed by atoms with Crippen molar-refractivity contribution in [3.8, 4) is 0 Å². The Morgan fingerprint density at radius 3 is 2.32 bits per heavy atom. The summed E-state index contributed by atoms with van der Waals surface area (Å²) < 4.78 is 2.34. The van der Waals surface area contributed by atoms with Crippen molar-refractivity contribution in [1.82, 2.24) is 9.47 Å². The number of anilines is 1. The summed E-state index contributed by atoms with van der Waals surface area (Å²) in [6.07, 6.45) is 4.15. The van der Waals surface area contributed by atoms with Crippen molar-refractivity contribution >= 4 is 23.0 Å². The van der Waals surface area contributed by atoms with Crippen LogP contribution in [0.5, 0.6) is 0 Å². The summed E-state index contributed by atoms with van der Waals surface area (Å²) in [6.45, 7) is 6.24. The number of nitrogens with zero attached hydrogens (tertiary/aromatic N) is 2. The molecule has 1 unspecified atom stereocenters. The van der Waals surface area contributed by atoms with Gasteiger partial charge in [0.05, 0.1) is 6.04 Å². The van der Waals surface area contributed by atoms with Gasteiger partial charge >= 0.3 is 0 Å². The van der Waals surface area contributed by atoms with E-state index in [2.05, 4.69) is 95.5 Å². The molecule has 3 aromatic rings. The summed E-state index contributed by atoms with van der Waals surface area (Å²) in [4.78, 5) is 2.34. The largest absolute Gasteiger partial charge is 0.348 e. The molecule has 0 fully saturated rings. The Balaban J connectivity index is 1.69. The quantitative estimate of drug-likeness (QED) is 0.602. The lowest BCUT2D eigenvalue weighted by Gasteiger charge is -2.39. The number of aromatic nitrogens is 1. The van der Waals surface area contributed by atoms with Gasteiger partial charge in [0.2, 0.25) is 0 Å². The van der Waals surface area contributed by atoms with Crippen molar-refractivity contribution < 1.29 is 0 Å². The normalized spacial score (nSPS) is 15.9. The fourth-order valence-electron chi connectivity index (χ4n) is 4.17. The van der Waals surface area contributed by atoms with Crippen molar-refractivity contribution in [3.63, 3.8) is 0 Å². The molecule has 1 atom stereocenters. The zero-order valence-corrected chi connectivity index (χ0v) is 17.4. The Morgan fingerprint density at radius 1 is 0.929 bits per heavy atom. The van der Waals surface area contributed by atoms with Crippen LogP contribution in [0.4, 0.5) is 5.69 Å². The van der Waals surface area contributed by atoms with Crippen LogP contribution in [-0.2, 0) is 19.4 Å². The molecule has 144 valence electrons. The van der Waals surface area contributed by atoms with E-state index in [9.17, 15) is 0 Å². The van der Waals surface area contributed by atoms with Gasteiger partial charge in [-0.1, -0.05) is 62.4 Å². The number of rotatable bonds is 4. The number of benzene rings is 2. The summed E-state index contributed by atoms with van der Waals surface area (Å²) in [5.74, 6) is 0. The van der Waals surface area contributed by atoms with E-state index in [0.717, 1.165) is 31.0 Å². The lowest BCUT2D eigenvalue weighted by molar-refractivity contribution is 0.293. The Kier molecular flexibility index (Phi) is 5.49. The highest BCUT2D eigenvalue weighted by atomic mass is 32.1. The highest BCUT2D eigenvalue weighted by Crippen LogP contribution is 2.33. The highest BCUT2D eigenvalue weighted by Gasteiger charge is 2.30. The van der Waals surface area contributed by atoms with Gasteiger partial charge in [0.25, 0.3) is 0 Å². The van der Waals surface area contributed by atoms with Gasteiger partial charge < -0.3 is 14.8 Å². The lowest BCUT2D eigenvalue weighted by Crippen LogP contribution is -2.44. The second-order valence-electron chi connectivity index (χ2n) is 7.22. The van der Waals surface area contributed by atoms with Crippen LogP contribution >= 0.6 is 12.2 Å². The fourth-order valence-corrected chi connectivity index (χ4v) is 4.47. The van der Waals surface area contributed by atoms with Gasteiger partial charge in [-0.15, -0.1) is 0 Å². The van der Waals surface area contributed by atoms with E-state index in [0.29, 0.717) is 0 Å². The van der Waals surface area contributed by atoms with Crippen LogP contribution in [0.15, 0.2) is 66.9 Å². The Hall–Kier alpha value is -2.59. The maximum atomic E-state index is 5.96. The van der Waals surface area contributed by atoms with Gasteiger partial charge in [0.15, 0.2) is 5.11 Å². The number of thiocarbonyl (C=S) groups is 1. The highest BCUT2D eigenvalue weighted by molar-refractivity contribution is 7.80. The Labute approximate surface area is 173 Å². The molecule has 0 saturated heterocycles. The topological polar surface area (TPSA) is 20.2 Å². The minimum absolute atomic E-state index is 0.129. The molecule has 0 radical (unpaired) electrons. The number of fused-ring (bicyclic) bond motifs is 1. The SMILES string of the molecule is CCc1cccc(CC)c1NC(=S)N1CCn2cccc2C1c1ccccc1. The molecule has 0 spiro atoms. The molecule has 0 bridgehead atoms. The fraction of sp³-hybridized carbons (Fsp3) is 0.292. The molecule has 28 heavy (non-hydrogen) atoms. The van der Waals surface area contributed by atoms with E-state index in [1.165, 1.54) is 28.1 Å². The van der Waals surface area contributed by atoms with E-state index in [-0.39, 0.29) is 6.04 Å². The number of hydrogen-bond acceptors (Lipinski definition) is 1. The van der Waals surface area contributed by atoms with E-state index in [1.54, 1.807) is 0 Å². The average Bonchev–Trinajstić information content (AvgIpc) is 3.22. The molecule has 4 rings (SSSR count). The van der Waals surface area contributed by atoms with Crippen LogP contribution in [-0.4, -0.2) is 21.1 Å². The number of nitrogens with one attached hydrogen (secondary N) is 1. The predicted octanol–water partition coefficient (Wildman–Crippen LogP) is 5.41. The molecule has 1 aliphatic heterocycles. The van der Waals surface area contributed by atoms with Crippen molar-refractivity contribution in [1.29, 1.82) is 0 Å². The first-order valence-electron chi connectivity index (χ1n) is 10.1. The molecular weight excluding hydrogens is 362 g/mol. The monoisotopic (exact) mass is 389 g/mol. The van der Waals surface area contributed by atoms with Crippen molar-refractivity contribution in [2.24, 2.45) is 0 Å². The second-order valence-corrected chi connectivity index (χ2v) is 7.61. The first-order valence-corrected chi connectivity index (χ1v) is 10.5. The zero-order chi connectivity index (χ0) is 19.5. The van der Waals surface area contributed by atoms with Gasteiger partial charge in [0, 0.05) is 30.7 Å². The third-order valence-corrected chi connectivity index (χ3v) is 5.98. The van der Waals surface area contributed by atoms with Crippen LogP contribution in [0.1, 0.15) is 42.3 Å². The summed E-state index contributed by atoms with van der Waals surface area (Å²) in [5.41, 5.74) is 6.38. The third-order valence-electron chi connectivity index (χ3n) is 5.65. The zero-order valence-electron chi connectivity index (χ0n) is 16.6. The Morgan fingerprint density at radius 2 is 1.64 bits per heavy atom. The number of aryl methyl sites for hydroxylation is 2. The molecule has 1 aromatic heterocycles. The first kappa shape index (κ1) is 18.8. The van der Waals surface area contributed by atoms with Crippen molar-refractivity contribution in [2.75, 3.05) is 11.9 Å². The predicted molar refractivity (Wildman–Crippen MR) is 121 cm³/mol. The van der Waals surface area contributed by atoms with Crippen LogP contribution in [0.3, 0.4) is 0 Å². The van der Waals surface area contributed by atoms with Gasteiger partial charge in [-0.05, 0) is 53.9 Å². The van der Waals surface area contributed by atoms with Crippen LogP contribution in [0.25, 0.3) is 0 Å². The van der Waals surface area contributed by atoms with E-state index in [1.807, 2.05) is 0 Å². The van der Waals surface area contributed by atoms with Gasteiger partial charge in [-0.2, -0.15) is 0 Å². The minimum atomic E-state index is 0.129. The third kappa shape index (κ3) is 3.45. The molecule has 0 aliphatic carbocycles. The summed E-state index contributed by atoms with van der Waals surface area (Å²) >= 11 is 5.96. The van der Waals surface area contributed by atoms with Crippen LogP contribution < -0.4 is 5.32 Å². The molecule has 3 nitrogen and oxygen atoms in total. The van der Waals surface area contributed by atoms with Gasteiger partial charge in [-0.3, -0.25) is 0 Å². The van der Waals surface area contributed by atoms with E-state index >= 15 is 0 Å². The standard InChI is InChI=1S/C24H27N3S/c1-3-18-12-8-13-19(4-2)22(18)25-24(28)27-17-16-26-15-9-14-21(26)23(27)20-10-6-5-7-11-20/h5-15,23H,3-4,16-17H2,1-2H3,(H,25,28). The summed E-state index contributed by atoms with van der Waals surface area (Å²) in [5, 5.41) is 4.42. The van der Waals surface area contributed by atoms with Gasteiger partial charge in [-0.25, -0.2) is 0 Å². The van der Waals surface area contributed by atoms with Crippen molar-refractivity contribution in [2.45, 2.75) is 39.3 Å². The first-order chi connectivity index (χ1) is 13.7. The molecule has 2 heterocycles. The maximum absolute atomic E-state index is 5.96. The Bertz CT molecular complexity index is 939. The number of para-hydroxylation sites is 1. The minimum Gasteiger partial charge on any atom is -0.348 e. The lowest BCUT2D eigenvalue weighted by atomic mass is 10.00. The van der Waals surface area contributed by atoms with Crippen LogP contribution in [0.2, 0.25) is 0 Å². The smallest absolute Gasteiger partial charge is 0.174 e. The average molecular weight is 390 g/mol. The molecule has 0 amide bonds. The molecule has 4 heteroatoms. The second kappa shape index (κ2) is 8.19. The molecule has 1 N–H and O–H groups in total. The molecular formula is C24H27N3S. The maximum Gasteiger partial charge on any atom is 0.174 e. The van der Waals surface area contributed by atoms with Crippen LogP contribution in [0, 0.1) is 0 Å². The molecule has 0 saturated carbocycles. The summed E-state index contributed by atoms with van der Waals surface area (Å²) in [7, 11) is 0. The van der Waals surface area contributed by atoms with E-state index in [4.69, 9.17) is 12.2 Å². The van der Waals surface area contributed by atoms with Crippen molar-refractivity contribution in [3.05, 3.63) is 89.2 Å². The number of hydrogen-bond donors (Lipinski definition) is 1. The summed E-state index contributed by atoms with van der Waals surface area (Å²) in [6, 6.07) is 21.7.